The van der Waals surface area contributed by atoms with Crippen molar-refractivity contribution >= 4 is 5.82 Å². The number of anilines is 1. The minimum Gasteiger partial charge on any atom is -0.493 e. The summed E-state index contributed by atoms with van der Waals surface area (Å²) in [7, 11) is 3.22. The van der Waals surface area contributed by atoms with Crippen LogP contribution in [0.25, 0.3) is 0 Å². The monoisotopic (exact) mass is 226 g/mol. The minimum absolute atomic E-state index is 0.0267. The van der Waals surface area contributed by atoms with Crippen LogP contribution in [0.2, 0.25) is 0 Å². The maximum absolute atomic E-state index is 8.92. The Hall–Kier alpha value is -1.33. The van der Waals surface area contributed by atoms with Gasteiger partial charge in [-0.2, -0.15) is 0 Å². The first-order chi connectivity index (χ1) is 7.81. The van der Waals surface area contributed by atoms with E-state index in [1.54, 1.807) is 26.5 Å². The highest BCUT2D eigenvalue weighted by molar-refractivity contribution is 5.50. The third-order valence-electron chi connectivity index (χ3n) is 2.18. The number of nitrogens with zero attached hydrogens (tertiary/aromatic N) is 1. The molecule has 0 aromatic carbocycles. The number of pyridine rings is 1. The molecule has 0 saturated carbocycles. The zero-order valence-corrected chi connectivity index (χ0v) is 9.64. The van der Waals surface area contributed by atoms with Crippen LogP contribution in [0.1, 0.15) is 6.42 Å². The van der Waals surface area contributed by atoms with Crippen molar-refractivity contribution in [2.24, 2.45) is 0 Å². The second-order valence-electron chi connectivity index (χ2n) is 3.36. The standard InChI is InChI=1S/C11H18N2O3/c1-15-8-9(5-7-14)13-11-10(16-2)4-3-6-12-11/h3-4,6,9,14H,5,7-8H2,1-2H3,(H,12,13). The fourth-order valence-electron chi connectivity index (χ4n) is 1.41. The van der Waals surface area contributed by atoms with Crippen LogP contribution < -0.4 is 10.1 Å². The summed E-state index contributed by atoms with van der Waals surface area (Å²) >= 11 is 0. The lowest BCUT2D eigenvalue weighted by atomic mass is 10.2. The van der Waals surface area contributed by atoms with Gasteiger partial charge in [0, 0.05) is 19.9 Å². The minimum atomic E-state index is 0.0267. The Morgan fingerprint density at radius 2 is 2.31 bits per heavy atom. The van der Waals surface area contributed by atoms with Gasteiger partial charge >= 0.3 is 0 Å². The van der Waals surface area contributed by atoms with Gasteiger partial charge < -0.3 is 19.9 Å². The molecule has 0 radical (unpaired) electrons. The molecule has 1 aromatic heterocycles. The molecule has 1 atom stereocenters. The number of ether oxygens (including phenoxy) is 2. The molecule has 0 saturated heterocycles. The Balaban J connectivity index is 2.67. The van der Waals surface area contributed by atoms with Gasteiger partial charge in [-0.1, -0.05) is 0 Å². The van der Waals surface area contributed by atoms with E-state index in [0.29, 0.717) is 24.6 Å². The zero-order chi connectivity index (χ0) is 11.8. The molecule has 0 spiro atoms. The maximum atomic E-state index is 8.92. The normalized spacial score (nSPS) is 12.2. The van der Waals surface area contributed by atoms with Gasteiger partial charge in [-0.05, 0) is 18.6 Å². The number of nitrogens with one attached hydrogen (secondary N) is 1. The molecule has 1 aromatic rings. The van der Waals surface area contributed by atoms with E-state index in [1.807, 2.05) is 6.07 Å². The molecule has 2 N–H and O–H groups in total. The van der Waals surface area contributed by atoms with E-state index in [-0.39, 0.29) is 12.6 Å². The zero-order valence-electron chi connectivity index (χ0n) is 9.64. The van der Waals surface area contributed by atoms with Gasteiger partial charge in [-0.15, -0.1) is 0 Å². The first-order valence-electron chi connectivity index (χ1n) is 5.17. The fourth-order valence-corrected chi connectivity index (χ4v) is 1.41. The maximum Gasteiger partial charge on any atom is 0.169 e. The van der Waals surface area contributed by atoms with E-state index >= 15 is 0 Å². The predicted octanol–water partition coefficient (Wildman–Crippen LogP) is 0.899. The molecular weight excluding hydrogens is 208 g/mol. The Bertz CT molecular complexity index is 301. The van der Waals surface area contributed by atoms with Crippen molar-refractivity contribution in [1.29, 1.82) is 0 Å². The summed E-state index contributed by atoms with van der Waals surface area (Å²) in [6, 6.07) is 3.67. The Morgan fingerprint density at radius 3 is 2.94 bits per heavy atom. The van der Waals surface area contributed by atoms with Crippen molar-refractivity contribution in [3.63, 3.8) is 0 Å². The van der Waals surface area contributed by atoms with Gasteiger partial charge in [0.25, 0.3) is 0 Å². The number of rotatable bonds is 7. The molecule has 0 aliphatic rings. The van der Waals surface area contributed by atoms with E-state index in [1.165, 1.54) is 0 Å². The fraction of sp³-hybridized carbons (Fsp3) is 0.545. The molecule has 5 nitrogen and oxygen atoms in total. The summed E-state index contributed by atoms with van der Waals surface area (Å²) in [6.45, 7) is 0.621. The molecule has 0 aliphatic heterocycles. The summed E-state index contributed by atoms with van der Waals surface area (Å²) in [6.07, 6.45) is 2.29. The van der Waals surface area contributed by atoms with E-state index in [0.717, 1.165) is 0 Å². The van der Waals surface area contributed by atoms with Gasteiger partial charge in [-0.25, -0.2) is 4.98 Å². The quantitative estimate of drug-likeness (QED) is 0.723. The summed E-state index contributed by atoms with van der Waals surface area (Å²) in [5.41, 5.74) is 0. The molecule has 0 amide bonds. The molecule has 90 valence electrons. The Kier molecular flexibility index (Phi) is 5.60. The van der Waals surface area contributed by atoms with Crippen molar-refractivity contribution < 1.29 is 14.6 Å². The number of methoxy groups -OCH3 is 2. The van der Waals surface area contributed by atoms with Crippen LogP contribution in [0.4, 0.5) is 5.82 Å². The summed E-state index contributed by atoms with van der Waals surface area (Å²) in [5, 5.41) is 12.1. The lowest BCUT2D eigenvalue weighted by Crippen LogP contribution is -2.26. The van der Waals surface area contributed by atoms with Crippen LogP contribution in [0.5, 0.6) is 5.75 Å². The highest BCUT2D eigenvalue weighted by Crippen LogP contribution is 2.21. The average Bonchev–Trinajstić information content (AvgIpc) is 2.30. The average molecular weight is 226 g/mol. The second kappa shape index (κ2) is 7.03. The number of aliphatic hydroxyl groups is 1. The van der Waals surface area contributed by atoms with Crippen molar-refractivity contribution in [3.05, 3.63) is 18.3 Å². The van der Waals surface area contributed by atoms with Gasteiger partial charge in [-0.3, -0.25) is 0 Å². The molecule has 1 rings (SSSR count). The van der Waals surface area contributed by atoms with Crippen LogP contribution in [0.15, 0.2) is 18.3 Å². The summed E-state index contributed by atoms with van der Waals surface area (Å²) in [4.78, 5) is 4.18. The van der Waals surface area contributed by atoms with Crippen LogP contribution in [0, 0.1) is 0 Å². The summed E-state index contributed by atoms with van der Waals surface area (Å²) < 4.78 is 10.2. The third kappa shape index (κ3) is 3.67. The Morgan fingerprint density at radius 1 is 1.50 bits per heavy atom. The highest BCUT2D eigenvalue weighted by Gasteiger charge is 2.11. The molecule has 1 unspecified atom stereocenters. The number of hydrogen-bond donors (Lipinski definition) is 2. The van der Waals surface area contributed by atoms with E-state index in [9.17, 15) is 0 Å². The lowest BCUT2D eigenvalue weighted by molar-refractivity contribution is 0.170. The van der Waals surface area contributed by atoms with Crippen molar-refractivity contribution in [1.82, 2.24) is 4.98 Å². The predicted molar refractivity (Wildman–Crippen MR) is 61.8 cm³/mol. The SMILES string of the molecule is COCC(CCO)Nc1ncccc1OC. The van der Waals surface area contributed by atoms with Crippen molar-refractivity contribution in [2.45, 2.75) is 12.5 Å². The van der Waals surface area contributed by atoms with Crippen LogP contribution in [0.3, 0.4) is 0 Å². The third-order valence-corrected chi connectivity index (χ3v) is 2.18. The van der Waals surface area contributed by atoms with E-state index < -0.39 is 0 Å². The first-order valence-corrected chi connectivity index (χ1v) is 5.17. The first kappa shape index (κ1) is 12.7. The summed E-state index contributed by atoms with van der Waals surface area (Å²) in [5.74, 6) is 1.35. The van der Waals surface area contributed by atoms with E-state index in [4.69, 9.17) is 14.6 Å². The molecule has 5 heteroatoms. The smallest absolute Gasteiger partial charge is 0.169 e. The van der Waals surface area contributed by atoms with Crippen LogP contribution in [-0.2, 0) is 4.74 Å². The molecular formula is C11H18N2O3. The number of aromatic nitrogens is 1. The lowest BCUT2D eigenvalue weighted by Gasteiger charge is -2.18. The molecule has 0 bridgehead atoms. The molecule has 16 heavy (non-hydrogen) atoms. The molecule has 1 heterocycles. The topological polar surface area (TPSA) is 63.6 Å². The van der Waals surface area contributed by atoms with Crippen LogP contribution in [-0.4, -0.2) is 43.6 Å². The van der Waals surface area contributed by atoms with E-state index in [2.05, 4.69) is 10.3 Å². The largest absolute Gasteiger partial charge is 0.493 e. The Labute approximate surface area is 95.4 Å². The van der Waals surface area contributed by atoms with Gasteiger partial charge in [0.05, 0.1) is 19.8 Å². The van der Waals surface area contributed by atoms with Crippen molar-refractivity contribution in [2.75, 3.05) is 32.8 Å². The number of hydrogen-bond acceptors (Lipinski definition) is 5. The number of aliphatic hydroxyl groups excluding tert-OH is 1. The van der Waals surface area contributed by atoms with Gasteiger partial charge in [0.15, 0.2) is 11.6 Å². The molecule has 0 fully saturated rings. The molecule has 0 aliphatic carbocycles. The van der Waals surface area contributed by atoms with Gasteiger partial charge in [0.1, 0.15) is 0 Å². The van der Waals surface area contributed by atoms with Crippen molar-refractivity contribution in [3.8, 4) is 5.75 Å². The second-order valence-corrected chi connectivity index (χ2v) is 3.36. The highest BCUT2D eigenvalue weighted by atomic mass is 16.5. The van der Waals surface area contributed by atoms with Crippen LogP contribution >= 0.6 is 0 Å². The van der Waals surface area contributed by atoms with Gasteiger partial charge in [0.2, 0.25) is 0 Å².